The number of benzene rings is 2. The van der Waals surface area contributed by atoms with Crippen LogP contribution in [0.25, 0.3) is 5.69 Å². The summed E-state index contributed by atoms with van der Waals surface area (Å²) in [6.07, 6.45) is 1.82. The van der Waals surface area contributed by atoms with E-state index >= 15 is 0 Å². The molecule has 5 nitrogen and oxygen atoms in total. The Bertz CT molecular complexity index is 1340. The number of methoxy groups -OCH3 is 1. The van der Waals surface area contributed by atoms with Crippen molar-refractivity contribution in [2.75, 3.05) is 12.0 Å². The second-order valence-corrected chi connectivity index (χ2v) is 9.11. The monoisotopic (exact) mass is 488 g/mol. The largest absolute Gasteiger partial charge is 0.495 e. The molecule has 1 fully saturated rings. The Balaban J connectivity index is 1.68. The molecule has 1 aliphatic rings. The molecule has 1 aliphatic heterocycles. The number of pyridine rings is 1. The van der Waals surface area contributed by atoms with E-state index in [4.69, 9.17) is 28.6 Å². The molecule has 0 radical (unpaired) electrons. The van der Waals surface area contributed by atoms with Crippen LogP contribution < -0.4 is 15.0 Å². The lowest BCUT2D eigenvalue weighted by Crippen LogP contribution is -2.29. The summed E-state index contributed by atoms with van der Waals surface area (Å²) in [6.45, 7) is 4.29. The van der Waals surface area contributed by atoms with Gasteiger partial charge < -0.3 is 19.5 Å². The van der Waals surface area contributed by atoms with E-state index in [1.54, 1.807) is 7.11 Å². The zero-order chi connectivity index (χ0) is 23.8. The molecular formula is C27H25ClN4OS. The van der Waals surface area contributed by atoms with E-state index in [0.717, 1.165) is 28.5 Å². The normalized spacial score (nSPS) is 17.6. The fraction of sp³-hybridized carbons (Fsp3) is 0.185. The molecule has 5 rings (SSSR count). The maximum atomic E-state index is 6.51. The molecule has 7 heteroatoms. The maximum absolute atomic E-state index is 6.51. The molecule has 1 N–H and O–H groups in total. The van der Waals surface area contributed by atoms with Crippen molar-refractivity contribution in [3.63, 3.8) is 0 Å². The van der Waals surface area contributed by atoms with E-state index in [2.05, 4.69) is 63.9 Å². The molecule has 2 aromatic carbocycles. The fourth-order valence-electron chi connectivity index (χ4n) is 4.82. The smallest absolute Gasteiger partial charge is 0.174 e. The Kier molecular flexibility index (Phi) is 6.02. The third-order valence-corrected chi connectivity index (χ3v) is 6.92. The van der Waals surface area contributed by atoms with Gasteiger partial charge in [-0.3, -0.25) is 4.98 Å². The van der Waals surface area contributed by atoms with Crippen LogP contribution in [-0.4, -0.2) is 21.8 Å². The number of nitrogens with zero attached hydrogens (tertiary/aromatic N) is 3. The van der Waals surface area contributed by atoms with E-state index in [0.29, 0.717) is 15.9 Å². The van der Waals surface area contributed by atoms with Gasteiger partial charge in [-0.05, 0) is 80.2 Å². The molecule has 1 saturated heterocycles. The van der Waals surface area contributed by atoms with Crippen molar-refractivity contribution < 1.29 is 4.74 Å². The Morgan fingerprint density at radius 2 is 1.74 bits per heavy atom. The summed E-state index contributed by atoms with van der Waals surface area (Å²) in [6, 6.07) is 24.1. The van der Waals surface area contributed by atoms with Crippen molar-refractivity contribution in [3.8, 4) is 11.4 Å². The Morgan fingerprint density at radius 3 is 2.41 bits per heavy atom. The van der Waals surface area contributed by atoms with Crippen LogP contribution in [0.4, 0.5) is 5.69 Å². The fourth-order valence-corrected chi connectivity index (χ4v) is 5.41. The van der Waals surface area contributed by atoms with Crippen LogP contribution in [0.1, 0.15) is 34.7 Å². The van der Waals surface area contributed by atoms with Crippen molar-refractivity contribution >= 4 is 34.6 Å². The number of anilines is 1. The Hall–Kier alpha value is -3.35. The highest BCUT2D eigenvalue weighted by Gasteiger charge is 2.42. The van der Waals surface area contributed by atoms with Gasteiger partial charge in [0.15, 0.2) is 5.11 Å². The first kappa shape index (κ1) is 22.4. The molecule has 4 aromatic rings. The Morgan fingerprint density at radius 1 is 0.971 bits per heavy atom. The molecule has 0 aliphatic carbocycles. The van der Waals surface area contributed by atoms with Gasteiger partial charge in [-0.25, -0.2) is 0 Å². The van der Waals surface area contributed by atoms with Crippen LogP contribution >= 0.6 is 23.8 Å². The van der Waals surface area contributed by atoms with Crippen LogP contribution in [0.2, 0.25) is 5.02 Å². The van der Waals surface area contributed by atoms with Gasteiger partial charge in [0.2, 0.25) is 0 Å². The SMILES string of the molecule is COc1ccc(N2C(=S)N[C@H](c3ccccn3)[C@H]2c2cc(C)n(-c3ccccc3)c2C)cc1Cl. The minimum Gasteiger partial charge on any atom is -0.495 e. The average molecular weight is 489 g/mol. The highest BCUT2D eigenvalue weighted by Crippen LogP contribution is 2.44. The maximum Gasteiger partial charge on any atom is 0.174 e. The molecule has 3 heterocycles. The van der Waals surface area contributed by atoms with Gasteiger partial charge in [0.25, 0.3) is 0 Å². The van der Waals surface area contributed by atoms with Crippen LogP contribution in [0, 0.1) is 13.8 Å². The second kappa shape index (κ2) is 9.12. The number of aryl methyl sites for hydroxylation is 1. The highest BCUT2D eigenvalue weighted by molar-refractivity contribution is 7.80. The van der Waals surface area contributed by atoms with Gasteiger partial charge in [0, 0.05) is 29.0 Å². The number of hydrogen-bond donors (Lipinski definition) is 1. The predicted molar refractivity (Wildman–Crippen MR) is 141 cm³/mol. The van der Waals surface area contributed by atoms with E-state index in [-0.39, 0.29) is 12.1 Å². The number of halogens is 1. The van der Waals surface area contributed by atoms with Gasteiger partial charge >= 0.3 is 0 Å². The topological polar surface area (TPSA) is 42.3 Å². The average Bonchev–Trinajstić information content (AvgIpc) is 3.35. The van der Waals surface area contributed by atoms with Crippen LogP contribution in [0.3, 0.4) is 0 Å². The number of nitrogens with one attached hydrogen (secondary N) is 1. The van der Waals surface area contributed by atoms with Gasteiger partial charge in [-0.1, -0.05) is 35.9 Å². The second-order valence-electron chi connectivity index (χ2n) is 8.31. The first-order valence-electron chi connectivity index (χ1n) is 11.1. The summed E-state index contributed by atoms with van der Waals surface area (Å²) >= 11 is 12.4. The molecule has 0 saturated carbocycles. The molecule has 172 valence electrons. The summed E-state index contributed by atoms with van der Waals surface area (Å²) in [5, 5.41) is 4.69. The standard InChI is InChI=1S/C27H25ClN4OS/c1-17-15-21(18(2)31(17)19-9-5-4-6-10-19)26-25(23-11-7-8-14-29-23)30-27(34)32(26)20-12-13-24(33-3)22(28)16-20/h4-16,25-26H,1-3H3,(H,30,34)/t25-,26-/m1/s1. The lowest BCUT2D eigenvalue weighted by molar-refractivity contribution is 0.415. The molecule has 0 unspecified atom stereocenters. The molecule has 0 bridgehead atoms. The van der Waals surface area contributed by atoms with E-state index in [9.17, 15) is 0 Å². The number of rotatable bonds is 5. The zero-order valence-electron chi connectivity index (χ0n) is 19.2. The third kappa shape index (κ3) is 3.83. The number of para-hydroxylation sites is 1. The zero-order valence-corrected chi connectivity index (χ0v) is 20.8. The van der Waals surface area contributed by atoms with Gasteiger partial charge in [-0.2, -0.15) is 0 Å². The number of thiocarbonyl (C=S) groups is 1. The van der Waals surface area contributed by atoms with Crippen LogP contribution in [0.5, 0.6) is 5.75 Å². The summed E-state index contributed by atoms with van der Waals surface area (Å²) in [5.41, 5.74) is 6.45. The van der Waals surface area contributed by atoms with Crippen LogP contribution in [-0.2, 0) is 0 Å². The van der Waals surface area contributed by atoms with E-state index in [1.807, 2.05) is 48.7 Å². The number of aromatic nitrogens is 2. The summed E-state index contributed by atoms with van der Waals surface area (Å²) in [5.74, 6) is 0.628. The lowest BCUT2D eigenvalue weighted by Gasteiger charge is -2.28. The minimum atomic E-state index is -0.126. The van der Waals surface area contributed by atoms with Gasteiger partial charge in [0.1, 0.15) is 5.75 Å². The molecule has 0 spiro atoms. The number of hydrogen-bond acceptors (Lipinski definition) is 3. The van der Waals surface area contributed by atoms with Crippen molar-refractivity contribution in [3.05, 3.63) is 107 Å². The van der Waals surface area contributed by atoms with Crippen molar-refractivity contribution in [2.24, 2.45) is 0 Å². The molecule has 2 atom stereocenters. The lowest BCUT2D eigenvalue weighted by atomic mass is 9.96. The van der Waals surface area contributed by atoms with E-state index < -0.39 is 0 Å². The molecule has 2 aromatic heterocycles. The van der Waals surface area contributed by atoms with Crippen molar-refractivity contribution in [1.82, 2.24) is 14.9 Å². The van der Waals surface area contributed by atoms with Crippen molar-refractivity contribution in [2.45, 2.75) is 25.9 Å². The van der Waals surface area contributed by atoms with Gasteiger partial charge in [-0.15, -0.1) is 0 Å². The summed E-state index contributed by atoms with van der Waals surface area (Å²) < 4.78 is 7.65. The summed E-state index contributed by atoms with van der Waals surface area (Å²) in [7, 11) is 1.61. The molecule has 34 heavy (non-hydrogen) atoms. The molecule has 0 amide bonds. The first-order chi connectivity index (χ1) is 16.5. The number of ether oxygens (including phenoxy) is 1. The first-order valence-corrected chi connectivity index (χ1v) is 11.9. The van der Waals surface area contributed by atoms with Crippen molar-refractivity contribution in [1.29, 1.82) is 0 Å². The summed E-state index contributed by atoms with van der Waals surface area (Å²) in [4.78, 5) is 6.80. The predicted octanol–water partition coefficient (Wildman–Crippen LogP) is 6.33. The Labute approximate surface area is 210 Å². The minimum absolute atomic E-state index is 0.115. The molecular weight excluding hydrogens is 464 g/mol. The quantitative estimate of drug-likeness (QED) is 0.332. The van der Waals surface area contributed by atoms with Crippen LogP contribution in [0.15, 0.2) is 79.0 Å². The third-order valence-electron chi connectivity index (χ3n) is 6.31. The van der Waals surface area contributed by atoms with Gasteiger partial charge in [0.05, 0.1) is 29.9 Å². The van der Waals surface area contributed by atoms with E-state index in [1.165, 1.54) is 5.56 Å². The highest BCUT2D eigenvalue weighted by atomic mass is 35.5.